The monoisotopic (exact) mass is 309 g/mol. The smallest absolute Gasteiger partial charge is 0.324 e. The van der Waals surface area contributed by atoms with E-state index in [4.69, 9.17) is 0 Å². The number of likely N-dealkylation sites (N-methyl/N-ethyl adjacent to an activating group) is 1. The normalized spacial score (nSPS) is 13.7. The maximum Gasteiger partial charge on any atom is 0.324 e. The Labute approximate surface area is 126 Å². The number of carboxylic acids is 1. The van der Waals surface area contributed by atoms with E-state index in [2.05, 4.69) is 25.6 Å². The summed E-state index contributed by atoms with van der Waals surface area (Å²) in [5, 5.41) is 10.5. The van der Waals surface area contributed by atoms with E-state index in [-0.39, 0.29) is 0 Å². The predicted molar refractivity (Wildman–Crippen MR) is 83.3 cm³/mol. The van der Waals surface area contributed by atoms with E-state index < -0.39 is 11.5 Å². The van der Waals surface area contributed by atoms with Gasteiger partial charge in [0.1, 0.15) is 5.54 Å². The molecule has 4 nitrogen and oxygen atoms in total. The van der Waals surface area contributed by atoms with Crippen LogP contribution in [0.3, 0.4) is 0 Å². The molecule has 2 rings (SSSR count). The number of benzene rings is 1. The molecule has 1 heterocycles. The molecule has 0 aliphatic carbocycles. The molecule has 0 saturated carbocycles. The van der Waals surface area contributed by atoms with Crippen molar-refractivity contribution in [1.82, 2.24) is 9.88 Å². The van der Waals surface area contributed by atoms with Gasteiger partial charge in [0.05, 0.1) is 0 Å². The topological polar surface area (TPSA) is 56.3 Å². The zero-order valence-electron chi connectivity index (χ0n) is 11.8. The van der Waals surface area contributed by atoms with Crippen molar-refractivity contribution in [3.63, 3.8) is 0 Å². The number of aromatic nitrogens is 1. The summed E-state index contributed by atoms with van der Waals surface area (Å²) in [6.07, 6.45) is 2.37. The second-order valence-corrected chi connectivity index (χ2v) is 5.01. The van der Waals surface area contributed by atoms with Crippen molar-refractivity contribution in [2.45, 2.75) is 18.9 Å². The number of nitrogens with zero attached hydrogens (tertiary/aromatic N) is 1. The van der Waals surface area contributed by atoms with Crippen LogP contribution in [0.2, 0.25) is 0 Å². The van der Waals surface area contributed by atoms with Crippen molar-refractivity contribution in [2.75, 3.05) is 14.1 Å². The number of aliphatic carboxylic acids is 1. The molecule has 2 N–H and O–H groups in total. The molecule has 6 heteroatoms. The Morgan fingerprint density at radius 1 is 1.40 bits per heavy atom. The summed E-state index contributed by atoms with van der Waals surface area (Å²) < 4.78 is 0. The Hall–Kier alpha value is -1.30. The Balaban J connectivity index is 0.000000956. The van der Waals surface area contributed by atoms with E-state index in [1.54, 1.807) is 25.9 Å². The van der Waals surface area contributed by atoms with Gasteiger partial charge < -0.3 is 10.1 Å². The van der Waals surface area contributed by atoms with Crippen molar-refractivity contribution < 1.29 is 9.90 Å². The van der Waals surface area contributed by atoms with Crippen LogP contribution in [0.15, 0.2) is 30.5 Å². The average Bonchev–Trinajstić information content (AvgIpc) is 2.84. The number of nitrogens with one attached hydrogen (secondary N) is 1. The SMILES string of the molecule is CN(C)C(C)(Cc1c[nH]c2ccccc12)C(=O)O.[Si]Cl. The average molecular weight is 310 g/mol. The largest absolute Gasteiger partial charge is 0.480 e. The van der Waals surface area contributed by atoms with Gasteiger partial charge in [-0.15, -0.1) is 0 Å². The fourth-order valence-corrected chi connectivity index (χ4v) is 2.07. The lowest BCUT2D eigenvalue weighted by Crippen LogP contribution is -2.50. The molecule has 20 heavy (non-hydrogen) atoms. The molecule has 0 aliphatic heterocycles. The van der Waals surface area contributed by atoms with Gasteiger partial charge in [-0.05, 0) is 32.6 Å². The Kier molecular flexibility index (Phi) is 5.80. The van der Waals surface area contributed by atoms with E-state index in [0.29, 0.717) is 6.42 Å². The van der Waals surface area contributed by atoms with Gasteiger partial charge >= 0.3 is 5.97 Å². The molecule has 0 aliphatic rings. The molecule has 0 spiro atoms. The summed E-state index contributed by atoms with van der Waals surface area (Å²) in [5.41, 5.74) is 1.17. The third-order valence-electron chi connectivity index (χ3n) is 3.66. The number of rotatable bonds is 4. The highest BCUT2D eigenvalue weighted by Crippen LogP contribution is 2.25. The maximum atomic E-state index is 11.5. The van der Waals surface area contributed by atoms with Gasteiger partial charge in [0.15, 0.2) is 9.55 Å². The van der Waals surface area contributed by atoms with Crippen molar-refractivity contribution >= 4 is 37.5 Å². The summed E-state index contributed by atoms with van der Waals surface area (Å²) in [6.45, 7) is 1.75. The van der Waals surface area contributed by atoms with E-state index in [1.165, 1.54) is 0 Å². The van der Waals surface area contributed by atoms with Crippen LogP contribution in [0.4, 0.5) is 0 Å². The minimum atomic E-state index is -0.898. The van der Waals surface area contributed by atoms with Gasteiger partial charge in [0.25, 0.3) is 0 Å². The predicted octanol–water partition coefficient (Wildman–Crippen LogP) is 2.42. The highest BCUT2D eigenvalue weighted by molar-refractivity contribution is 6.80. The zero-order chi connectivity index (χ0) is 15.3. The summed E-state index contributed by atoms with van der Waals surface area (Å²) in [5.74, 6) is -0.808. The van der Waals surface area contributed by atoms with Crippen LogP contribution < -0.4 is 0 Å². The quantitative estimate of drug-likeness (QED) is 0.673. The Morgan fingerprint density at radius 2 is 2.00 bits per heavy atom. The molecule has 1 atom stereocenters. The van der Waals surface area contributed by atoms with E-state index in [0.717, 1.165) is 16.5 Å². The minimum Gasteiger partial charge on any atom is -0.480 e. The summed E-state index contributed by atoms with van der Waals surface area (Å²) in [7, 11) is 6.03. The van der Waals surface area contributed by atoms with Gasteiger partial charge in [-0.2, -0.15) is 11.1 Å². The minimum absolute atomic E-state index is 0.472. The highest BCUT2D eigenvalue weighted by atomic mass is 35.6. The summed E-state index contributed by atoms with van der Waals surface area (Å²) in [4.78, 5) is 16.4. The zero-order valence-corrected chi connectivity index (χ0v) is 13.5. The molecule has 0 bridgehead atoms. The third-order valence-corrected chi connectivity index (χ3v) is 3.66. The lowest BCUT2D eigenvalue weighted by Gasteiger charge is -2.31. The van der Waals surface area contributed by atoms with Crippen LogP contribution in [0.1, 0.15) is 12.5 Å². The van der Waals surface area contributed by atoms with Gasteiger partial charge in [0, 0.05) is 23.5 Å². The number of carbonyl (C=O) groups is 1. The second kappa shape index (κ2) is 6.92. The van der Waals surface area contributed by atoms with Crippen LogP contribution in [0.25, 0.3) is 10.9 Å². The van der Waals surface area contributed by atoms with Gasteiger partial charge in [-0.3, -0.25) is 9.69 Å². The maximum absolute atomic E-state index is 11.5. The van der Waals surface area contributed by atoms with Crippen LogP contribution in [-0.2, 0) is 11.2 Å². The van der Waals surface area contributed by atoms with Crippen LogP contribution in [0.5, 0.6) is 0 Å². The van der Waals surface area contributed by atoms with E-state index in [9.17, 15) is 9.90 Å². The van der Waals surface area contributed by atoms with E-state index >= 15 is 0 Å². The summed E-state index contributed by atoms with van der Waals surface area (Å²) in [6, 6.07) is 7.93. The van der Waals surface area contributed by atoms with Crippen LogP contribution in [0, 0.1) is 0 Å². The number of aromatic amines is 1. The molecular weight excluding hydrogens is 292 g/mol. The number of H-pyrrole nitrogens is 1. The third kappa shape index (κ3) is 3.23. The van der Waals surface area contributed by atoms with Crippen LogP contribution in [-0.4, -0.2) is 50.1 Å². The van der Waals surface area contributed by atoms with E-state index in [1.807, 2.05) is 30.5 Å². The van der Waals surface area contributed by atoms with Crippen molar-refractivity contribution in [3.05, 3.63) is 36.0 Å². The molecule has 107 valence electrons. The fraction of sp³-hybridized carbons (Fsp3) is 0.357. The van der Waals surface area contributed by atoms with Crippen molar-refractivity contribution in [3.8, 4) is 0 Å². The lowest BCUT2D eigenvalue weighted by molar-refractivity contribution is -0.148. The van der Waals surface area contributed by atoms with Crippen molar-refractivity contribution in [2.24, 2.45) is 0 Å². The standard InChI is InChI=1S/C14H18N2O2.ClSi/c1-14(13(17)18,16(2)3)8-10-9-15-12-7-5-4-6-11(10)12;1-2/h4-7,9,15H,8H2,1-3H3,(H,17,18);. The second-order valence-electron chi connectivity index (χ2n) is 5.01. The Bertz CT molecular complexity index is 585. The Morgan fingerprint density at radius 3 is 2.55 bits per heavy atom. The number of halogens is 1. The molecule has 0 fully saturated rings. The fourth-order valence-electron chi connectivity index (χ4n) is 2.07. The number of para-hydroxylation sites is 1. The first-order chi connectivity index (χ1) is 9.45. The molecule has 0 saturated heterocycles. The number of carboxylic acid groups (broad SMARTS) is 1. The molecule has 2 aromatic rings. The highest BCUT2D eigenvalue weighted by Gasteiger charge is 2.36. The number of hydrogen-bond acceptors (Lipinski definition) is 2. The molecule has 1 aromatic heterocycles. The molecular formula is C14H18ClN2O2Si. The first-order valence-corrected chi connectivity index (χ1v) is 7.61. The van der Waals surface area contributed by atoms with Gasteiger partial charge in [-0.1, -0.05) is 18.2 Å². The molecule has 3 radical (unpaired) electrons. The number of hydrogen-bond donors (Lipinski definition) is 2. The first-order valence-electron chi connectivity index (χ1n) is 6.10. The first kappa shape index (κ1) is 16.8. The van der Waals surface area contributed by atoms with Gasteiger partial charge in [-0.25, -0.2) is 0 Å². The molecule has 1 aromatic carbocycles. The van der Waals surface area contributed by atoms with Crippen molar-refractivity contribution in [1.29, 1.82) is 0 Å². The lowest BCUT2D eigenvalue weighted by atomic mass is 9.91. The van der Waals surface area contributed by atoms with Crippen LogP contribution >= 0.6 is 11.1 Å². The molecule has 0 amide bonds. The number of fused-ring (bicyclic) bond motifs is 1. The van der Waals surface area contributed by atoms with Gasteiger partial charge in [0.2, 0.25) is 0 Å². The molecule has 1 unspecified atom stereocenters. The summed E-state index contributed by atoms with van der Waals surface area (Å²) >= 11 is 4.44.